The predicted octanol–water partition coefficient (Wildman–Crippen LogP) is 2.80. The maximum absolute atomic E-state index is 13.5. The molecule has 0 saturated heterocycles. The number of nitriles is 1. The lowest BCUT2D eigenvalue weighted by atomic mass is 9.77. The van der Waals surface area contributed by atoms with Crippen LogP contribution in [0.15, 0.2) is 42.0 Å². The van der Waals surface area contributed by atoms with Crippen LogP contribution in [-0.4, -0.2) is 41.9 Å². The van der Waals surface area contributed by atoms with Gasteiger partial charge in [-0.15, -0.1) is 0 Å². The third kappa shape index (κ3) is 4.55. The minimum Gasteiger partial charge on any atom is -0.392 e. The average molecular weight is 344 g/mol. The number of nitrogens with zero attached hydrogens (tertiary/aromatic N) is 2. The summed E-state index contributed by atoms with van der Waals surface area (Å²) >= 11 is 0. The molecule has 1 aliphatic carbocycles. The summed E-state index contributed by atoms with van der Waals surface area (Å²) in [5.74, 6) is 0. The van der Waals surface area contributed by atoms with E-state index in [4.69, 9.17) is 5.26 Å². The SMILES string of the molecule is CN(C)CCCC(O)(C1=CCC(F)C=C1)c1ccc(C#N)cc1CO. The number of alkyl halides is 1. The molecule has 4 nitrogen and oxygen atoms in total. The van der Waals surface area contributed by atoms with Crippen LogP contribution in [-0.2, 0) is 12.2 Å². The molecule has 2 N–H and O–H groups in total. The smallest absolute Gasteiger partial charge is 0.122 e. The Hall–Kier alpha value is -2.00. The lowest BCUT2D eigenvalue weighted by Gasteiger charge is -2.34. The molecular formula is C20H25FN2O2. The first-order valence-electron chi connectivity index (χ1n) is 8.45. The number of allylic oxidation sites excluding steroid dienone is 2. The summed E-state index contributed by atoms with van der Waals surface area (Å²) in [6.07, 6.45) is 5.17. The topological polar surface area (TPSA) is 67.5 Å². The zero-order valence-electron chi connectivity index (χ0n) is 14.7. The Balaban J connectivity index is 2.44. The first kappa shape index (κ1) is 19.3. The minimum atomic E-state index is -1.32. The van der Waals surface area contributed by atoms with Crippen LogP contribution >= 0.6 is 0 Å². The lowest BCUT2D eigenvalue weighted by Crippen LogP contribution is -2.31. The van der Waals surface area contributed by atoms with Gasteiger partial charge in [-0.2, -0.15) is 5.26 Å². The van der Waals surface area contributed by atoms with E-state index in [0.717, 1.165) is 13.0 Å². The summed E-state index contributed by atoms with van der Waals surface area (Å²) in [5.41, 5.74) is 0.836. The van der Waals surface area contributed by atoms with Gasteiger partial charge in [0.05, 0.1) is 18.2 Å². The first-order valence-corrected chi connectivity index (χ1v) is 8.45. The van der Waals surface area contributed by atoms with Crippen molar-refractivity contribution in [2.45, 2.75) is 37.6 Å². The van der Waals surface area contributed by atoms with E-state index in [-0.39, 0.29) is 13.0 Å². The first-order chi connectivity index (χ1) is 11.9. The van der Waals surface area contributed by atoms with Crippen LogP contribution in [0.4, 0.5) is 4.39 Å². The van der Waals surface area contributed by atoms with Crippen LogP contribution in [0.25, 0.3) is 0 Å². The summed E-state index contributed by atoms with van der Waals surface area (Å²) in [7, 11) is 3.93. The van der Waals surface area contributed by atoms with Gasteiger partial charge in [-0.1, -0.05) is 24.3 Å². The Morgan fingerprint density at radius 1 is 1.40 bits per heavy atom. The summed E-state index contributed by atoms with van der Waals surface area (Å²) in [4.78, 5) is 2.04. The highest BCUT2D eigenvalue weighted by Crippen LogP contribution is 2.39. The fraction of sp³-hybridized carbons (Fsp3) is 0.450. The van der Waals surface area contributed by atoms with Gasteiger partial charge >= 0.3 is 0 Å². The fourth-order valence-corrected chi connectivity index (χ4v) is 3.18. The summed E-state index contributed by atoms with van der Waals surface area (Å²) in [6.45, 7) is 0.527. The number of aliphatic hydroxyl groups is 2. The molecule has 0 bridgehead atoms. The van der Waals surface area contributed by atoms with Crippen LogP contribution in [0.2, 0.25) is 0 Å². The summed E-state index contributed by atoms with van der Waals surface area (Å²) in [5, 5.41) is 30.3. The van der Waals surface area contributed by atoms with Crippen molar-refractivity contribution >= 4 is 0 Å². The van der Waals surface area contributed by atoms with Gasteiger partial charge in [0.2, 0.25) is 0 Å². The van der Waals surface area contributed by atoms with Crippen LogP contribution in [0.5, 0.6) is 0 Å². The number of halogens is 1. The summed E-state index contributed by atoms with van der Waals surface area (Å²) in [6, 6.07) is 6.97. The lowest BCUT2D eigenvalue weighted by molar-refractivity contribution is 0.0624. The molecule has 5 heteroatoms. The van der Waals surface area contributed by atoms with E-state index < -0.39 is 11.8 Å². The molecule has 0 aromatic heterocycles. The van der Waals surface area contributed by atoms with E-state index in [2.05, 4.69) is 0 Å². The van der Waals surface area contributed by atoms with Crippen molar-refractivity contribution in [3.8, 4) is 6.07 Å². The second kappa shape index (κ2) is 8.39. The van der Waals surface area contributed by atoms with Crippen LogP contribution in [0.3, 0.4) is 0 Å². The van der Waals surface area contributed by atoms with E-state index in [1.165, 1.54) is 6.08 Å². The zero-order valence-corrected chi connectivity index (χ0v) is 14.7. The Morgan fingerprint density at radius 3 is 2.72 bits per heavy atom. The second-order valence-electron chi connectivity index (χ2n) is 6.68. The number of hydrogen-bond donors (Lipinski definition) is 2. The van der Waals surface area contributed by atoms with Crippen LogP contribution in [0, 0.1) is 11.3 Å². The highest BCUT2D eigenvalue weighted by atomic mass is 19.1. The van der Waals surface area contributed by atoms with Gasteiger partial charge in [-0.05, 0) is 62.3 Å². The predicted molar refractivity (Wildman–Crippen MR) is 95.5 cm³/mol. The average Bonchev–Trinajstić information content (AvgIpc) is 2.61. The van der Waals surface area contributed by atoms with Gasteiger partial charge in [-0.3, -0.25) is 0 Å². The highest BCUT2D eigenvalue weighted by Gasteiger charge is 2.35. The van der Waals surface area contributed by atoms with Crippen molar-refractivity contribution in [1.82, 2.24) is 4.90 Å². The highest BCUT2D eigenvalue weighted by molar-refractivity contribution is 5.47. The number of hydrogen-bond acceptors (Lipinski definition) is 4. The zero-order chi connectivity index (χ0) is 18.4. The Morgan fingerprint density at radius 2 is 2.16 bits per heavy atom. The normalized spacial score (nSPS) is 19.4. The maximum atomic E-state index is 13.5. The summed E-state index contributed by atoms with van der Waals surface area (Å²) < 4.78 is 13.5. The van der Waals surface area contributed by atoms with Gasteiger partial charge in [0, 0.05) is 6.42 Å². The molecule has 0 amide bonds. The molecule has 0 heterocycles. The molecule has 2 atom stereocenters. The van der Waals surface area contributed by atoms with Gasteiger partial charge in [0.25, 0.3) is 0 Å². The van der Waals surface area contributed by atoms with Gasteiger partial charge in [0.15, 0.2) is 0 Å². The van der Waals surface area contributed by atoms with Crippen molar-refractivity contribution < 1.29 is 14.6 Å². The van der Waals surface area contributed by atoms with E-state index in [9.17, 15) is 14.6 Å². The van der Waals surface area contributed by atoms with Gasteiger partial charge in [0.1, 0.15) is 11.8 Å². The molecule has 0 fully saturated rings. The van der Waals surface area contributed by atoms with Crippen molar-refractivity contribution in [2.24, 2.45) is 0 Å². The molecule has 0 spiro atoms. The standard InChI is InChI=1S/C20H25FN2O2/c1-23(2)11-3-10-20(25,17-5-7-18(21)8-6-17)19-9-4-15(13-22)12-16(19)14-24/h4-7,9,12,18,24-25H,3,8,10-11,14H2,1-2H3. The molecular weight excluding hydrogens is 319 g/mol. The van der Waals surface area contributed by atoms with Gasteiger partial charge < -0.3 is 15.1 Å². The molecule has 1 aromatic rings. The van der Waals surface area contributed by atoms with Crippen molar-refractivity contribution in [2.75, 3.05) is 20.6 Å². The van der Waals surface area contributed by atoms with Gasteiger partial charge in [-0.25, -0.2) is 4.39 Å². The van der Waals surface area contributed by atoms with Crippen LogP contribution in [0.1, 0.15) is 36.0 Å². The van der Waals surface area contributed by atoms with Crippen molar-refractivity contribution in [3.63, 3.8) is 0 Å². The van der Waals surface area contributed by atoms with Crippen molar-refractivity contribution in [3.05, 3.63) is 58.7 Å². The monoisotopic (exact) mass is 344 g/mol. The molecule has 0 saturated carbocycles. The number of aliphatic hydroxyl groups excluding tert-OH is 1. The molecule has 1 aliphatic rings. The van der Waals surface area contributed by atoms with E-state index in [0.29, 0.717) is 28.7 Å². The molecule has 0 radical (unpaired) electrons. The Bertz CT molecular complexity index is 706. The largest absolute Gasteiger partial charge is 0.392 e. The third-order valence-corrected chi connectivity index (χ3v) is 4.52. The van der Waals surface area contributed by atoms with Crippen molar-refractivity contribution in [1.29, 1.82) is 5.26 Å². The van der Waals surface area contributed by atoms with E-state index >= 15 is 0 Å². The number of rotatable bonds is 7. The molecule has 25 heavy (non-hydrogen) atoms. The number of benzene rings is 1. The molecule has 134 valence electrons. The second-order valence-corrected chi connectivity index (χ2v) is 6.68. The fourth-order valence-electron chi connectivity index (χ4n) is 3.18. The third-order valence-electron chi connectivity index (χ3n) is 4.52. The van der Waals surface area contributed by atoms with E-state index in [1.807, 2.05) is 25.1 Å². The minimum absolute atomic E-state index is 0.229. The Labute approximate surface area is 148 Å². The quantitative estimate of drug-likeness (QED) is 0.798. The molecule has 0 aliphatic heterocycles. The van der Waals surface area contributed by atoms with E-state index in [1.54, 1.807) is 30.4 Å². The molecule has 2 rings (SSSR count). The maximum Gasteiger partial charge on any atom is 0.122 e. The van der Waals surface area contributed by atoms with Crippen LogP contribution < -0.4 is 0 Å². The molecule has 1 aromatic carbocycles. The molecule has 2 unspecified atom stereocenters. The Kier molecular flexibility index (Phi) is 6.49.